The van der Waals surface area contributed by atoms with E-state index in [1.54, 1.807) is 44.2 Å². The van der Waals surface area contributed by atoms with Gasteiger partial charge in [-0.05, 0) is 32.3 Å². The second-order valence-corrected chi connectivity index (χ2v) is 8.87. The van der Waals surface area contributed by atoms with Crippen molar-refractivity contribution in [1.29, 1.82) is 0 Å². The molecular formula is C27H36N2O5. The van der Waals surface area contributed by atoms with Crippen molar-refractivity contribution in [3.05, 3.63) is 53.6 Å². The molecule has 7 heteroatoms. The maximum absolute atomic E-state index is 13.3. The number of rotatable bonds is 10. The summed E-state index contributed by atoms with van der Waals surface area (Å²) in [6.45, 7) is 3.91. The van der Waals surface area contributed by atoms with Gasteiger partial charge in [-0.2, -0.15) is 0 Å². The highest BCUT2D eigenvalue weighted by Gasteiger charge is 2.28. The first-order valence-electron chi connectivity index (χ1n) is 11.9. The first kappa shape index (κ1) is 25.4. The fourth-order valence-electron chi connectivity index (χ4n) is 4.25. The number of carbonyl (C=O) groups is 2. The smallest absolute Gasteiger partial charge is 0.261 e. The summed E-state index contributed by atoms with van der Waals surface area (Å²) in [5.41, 5.74) is 2.07. The van der Waals surface area contributed by atoms with Gasteiger partial charge in [0, 0.05) is 30.8 Å². The van der Waals surface area contributed by atoms with Crippen molar-refractivity contribution < 1.29 is 23.8 Å². The molecule has 2 aromatic rings. The summed E-state index contributed by atoms with van der Waals surface area (Å²) in [4.78, 5) is 28.0. The number of nitrogens with zero attached hydrogens (tertiary/aromatic N) is 1. The van der Waals surface area contributed by atoms with Gasteiger partial charge in [0.2, 0.25) is 5.91 Å². The highest BCUT2D eigenvalue weighted by Crippen LogP contribution is 2.27. The number of benzene rings is 2. The first-order chi connectivity index (χ1) is 16.4. The zero-order valence-corrected chi connectivity index (χ0v) is 20.6. The average Bonchev–Trinajstić information content (AvgIpc) is 2.85. The number of carbonyl (C=O) groups excluding carboxylic acids is 2. The van der Waals surface area contributed by atoms with Crippen molar-refractivity contribution in [2.24, 2.45) is 0 Å². The summed E-state index contributed by atoms with van der Waals surface area (Å²) >= 11 is 0. The number of methoxy groups -OCH3 is 2. The van der Waals surface area contributed by atoms with Crippen LogP contribution in [-0.2, 0) is 16.1 Å². The van der Waals surface area contributed by atoms with Crippen LogP contribution in [0.25, 0.3) is 0 Å². The maximum atomic E-state index is 13.3. The van der Waals surface area contributed by atoms with Crippen molar-refractivity contribution in [2.75, 3.05) is 20.8 Å². The summed E-state index contributed by atoms with van der Waals surface area (Å²) in [6, 6.07) is 12.6. The Balaban J connectivity index is 1.73. The minimum Gasteiger partial charge on any atom is -0.496 e. The molecule has 0 aliphatic heterocycles. The van der Waals surface area contributed by atoms with E-state index in [1.807, 2.05) is 31.2 Å². The van der Waals surface area contributed by atoms with Gasteiger partial charge in [-0.1, -0.05) is 49.1 Å². The van der Waals surface area contributed by atoms with Crippen molar-refractivity contribution in [2.45, 2.75) is 64.6 Å². The van der Waals surface area contributed by atoms with Gasteiger partial charge in [-0.3, -0.25) is 9.59 Å². The lowest BCUT2D eigenvalue weighted by molar-refractivity contribution is -0.142. The molecule has 0 aromatic heterocycles. The number of aryl methyl sites for hydroxylation is 1. The van der Waals surface area contributed by atoms with Crippen LogP contribution in [0.1, 0.15) is 50.2 Å². The lowest BCUT2D eigenvalue weighted by atomic mass is 9.95. The normalized spacial score (nSPS) is 14.7. The predicted octanol–water partition coefficient (Wildman–Crippen LogP) is 4.26. The van der Waals surface area contributed by atoms with Crippen LogP contribution in [0, 0.1) is 6.92 Å². The number of hydrogen-bond donors (Lipinski definition) is 1. The van der Waals surface area contributed by atoms with E-state index >= 15 is 0 Å². The Bertz CT molecular complexity index is 949. The minimum absolute atomic E-state index is 0.129. The molecule has 1 unspecified atom stereocenters. The molecule has 0 heterocycles. The van der Waals surface area contributed by atoms with Crippen LogP contribution >= 0.6 is 0 Å². The predicted molar refractivity (Wildman–Crippen MR) is 131 cm³/mol. The van der Waals surface area contributed by atoms with Crippen molar-refractivity contribution in [1.82, 2.24) is 10.2 Å². The summed E-state index contributed by atoms with van der Waals surface area (Å²) in [5.74, 6) is 1.20. The number of nitrogens with one attached hydrogen (secondary N) is 1. The Morgan fingerprint density at radius 1 is 1.00 bits per heavy atom. The Kier molecular flexibility index (Phi) is 9.19. The fraction of sp³-hybridized carbons (Fsp3) is 0.481. The SMILES string of the molecule is COc1cc(OC)cc(OCC(=O)N(Cc2cccc(C)c2)C(C)C(=O)NC2CCCCC2)c1. The Hall–Kier alpha value is -3.22. The van der Waals surface area contributed by atoms with E-state index in [2.05, 4.69) is 5.32 Å². The van der Waals surface area contributed by atoms with E-state index < -0.39 is 6.04 Å². The van der Waals surface area contributed by atoms with Crippen LogP contribution in [0.2, 0.25) is 0 Å². The molecule has 0 spiro atoms. The van der Waals surface area contributed by atoms with Crippen LogP contribution in [0.15, 0.2) is 42.5 Å². The average molecular weight is 469 g/mol. The first-order valence-corrected chi connectivity index (χ1v) is 11.9. The van der Waals surface area contributed by atoms with Crippen molar-refractivity contribution in [3.63, 3.8) is 0 Å². The Labute approximate surface area is 202 Å². The lowest BCUT2D eigenvalue weighted by Crippen LogP contribution is -2.51. The van der Waals surface area contributed by atoms with Crippen molar-refractivity contribution in [3.8, 4) is 17.2 Å². The maximum Gasteiger partial charge on any atom is 0.261 e. The molecule has 0 saturated heterocycles. The minimum atomic E-state index is -0.626. The number of ether oxygens (including phenoxy) is 3. The quantitative estimate of drug-likeness (QED) is 0.564. The molecule has 1 aliphatic carbocycles. The fourth-order valence-corrected chi connectivity index (χ4v) is 4.25. The van der Waals surface area contributed by atoms with Gasteiger partial charge in [-0.25, -0.2) is 0 Å². The third-order valence-electron chi connectivity index (χ3n) is 6.24. The molecule has 184 valence electrons. The molecule has 0 bridgehead atoms. The number of hydrogen-bond acceptors (Lipinski definition) is 5. The van der Waals surface area contributed by atoms with E-state index in [0.717, 1.165) is 36.8 Å². The largest absolute Gasteiger partial charge is 0.496 e. The van der Waals surface area contributed by atoms with E-state index in [4.69, 9.17) is 14.2 Å². The monoisotopic (exact) mass is 468 g/mol. The Morgan fingerprint density at radius 2 is 1.65 bits per heavy atom. The molecule has 0 radical (unpaired) electrons. The molecule has 2 amide bonds. The molecule has 3 rings (SSSR count). The molecule has 34 heavy (non-hydrogen) atoms. The van der Waals surface area contributed by atoms with E-state index in [0.29, 0.717) is 23.8 Å². The summed E-state index contributed by atoms with van der Waals surface area (Å²) < 4.78 is 16.3. The molecule has 1 atom stereocenters. The zero-order valence-electron chi connectivity index (χ0n) is 20.6. The number of amides is 2. The van der Waals surface area contributed by atoms with Gasteiger partial charge in [0.05, 0.1) is 14.2 Å². The Morgan fingerprint density at radius 3 is 2.26 bits per heavy atom. The molecule has 1 N–H and O–H groups in total. The van der Waals surface area contributed by atoms with Crippen LogP contribution in [0.5, 0.6) is 17.2 Å². The molecule has 7 nitrogen and oxygen atoms in total. The van der Waals surface area contributed by atoms with Crippen molar-refractivity contribution >= 4 is 11.8 Å². The summed E-state index contributed by atoms with van der Waals surface area (Å²) in [7, 11) is 3.11. The van der Waals surface area contributed by atoms with E-state index in [-0.39, 0.29) is 24.5 Å². The van der Waals surface area contributed by atoms with Gasteiger partial charge in [0.15, 0.2) is 6.61 Å². The third kappa shape index (κ3) is 7.14. The standard InChI is InChI=1S/C27H36N2O5/c1-19-9-8-10-21(13-19)17-29(20(2)27(31)28-22-11-6-5-7-12-22)26(30)18-34-25-15-23(32-3)14-24(16-25)33-4/h8-10,13-16,20,22H,5-7,11-12,17-18H2,1-4H3,(H,28,31). The van der Waals surface area contributed by atoms with Gasteiger partial charge in [0.1, 0.15) is 23.3 Å². The van der Waals surface area contributed by atoms with Crippen LogP contribution in [0.4, 0.5) is 0 Å². The van der Waals surface area contributed by atoms with Gasteiger partial charge >= 0.3 is 0 Å². The molecule has 1 saturated carbocycles. The van der Waals surface area contributed by atoms with Crippen LogP contribution < -0.4 is 19.5 Å². The van der Waals surface area contributed by atoms with Crippen LogP contribution in [0.3, 0.4) is 0 Å². The van der Waals surface area contributed by atoms with Gasteiger partial charge in [-0.15, -0.1) is 0 Å². The second-order valence-electron chi connectivity index (χ2n) is 8.87. The summed E-state index contributed by atoms with van der Waals surface area (Å²) in [6.07, 6.45) is 5.45. The molecule has 2 aromatic carbocycles. The second kappa shape index (κ2) is 12.3. The molecule has 1 fully saturated rings. The lowest BCUT2D eigenvalue weighted by Gasteiger charge is -2.31. The molecule has 1 aliphatic rings. The van der Waals surface area contributed by atoms with Gasteiger partial charge < -0.3 is 24.4 Å². The third-order valence-corrected chi connectivity index (χ3v) is 6.24. The molecular weight excluding hydrogens is 432 g/mol. The summed E-state index contributed by atoms with van der Waals surface area (Å²) in [5, 5.41) is 3.15. The van der Waals surface area contributed by atoms with E-state index in [9.17, 15) is 9.59 Å². The highest BCUT2D eigenvalue weighted by molar-refractivity contribution is 5.88. The van der Waals surface area contributed by atoms with Gasteiger partial charge in [0.25, 0.3) is 5.91 Å². The topological polar surface area (TPSA) is 77.1 Å². The van der Waals surface area contributed by atoms with E-state index in [1.165, 1.54) is 6.42 Å². The van der Waals surface area contributed by atoms with Crippen LogP contribution in [-0.4, -0.2) is 49.6 Å². The highest BCUT2D eigenvalue weighted by atomic mass is 16.5. The zero-order chi connectivity index (χ0) is 24.5.